The van der Waals surface area contributed by atoms with Crippen LogP contribution in [0.2, 0.25) is 0 Å². The molecule has 0 aromatic carbocycles. The van der Waals surface area contributed by atoms with Crippen molar-refractivity contribution in [1.29, 1.82) is 0 Å². The van der Waals surface area contributed by atoms with Crippen molar-refractivity contribution in [2.45, 2.75) is 19.8 Å². The first-order valence-corrected chi connectivity index (χ1v) is 7.51. The lowest BCUT2D eigenvalue weighted by Gasteiger charge is -2.44. The van der Waals surface area contributed by atoms with Crippen molar-refractivity contribution in [3.05, 3.63) is 0 Å². The number of carbonyl (C=O) groups is 1. The molecule has 6 heteroatoms. The van der Waals surface area contributed by atoms with Gasteiger partial charge in [0.05, 0.1) is 11.2 Å². The molecule has 0 aromatic heterocycles. The maximum atomic E-state index is 11.8. The summed E-state index contributed by atoms with van der Waals surface area (Å²) in [5.74, 6) is 0.413. The Morgan fingerprint density at radius 1 is 1.50 bits per heavy atom. The van der Waals surface area contributed by atoms with Gasteiger partial charge in [0.1, 0.15) is 9.84 Å². The van der Waals surface area contributed by atoms with Gasteiger partial charge in [-0.25, -0.2) is 8.42 Å². The van der Waals surface area contributed by atoms with Crippen molar-refractivity contribution in [2.75, 3.05) is 25.1 Å². The number of nitrogens with two attached hydrogens (primary N) is 1. The third-order valence-corrected chi connectivity index (χ3v) is 4.05. The molecule has 1 rings (SSSR count). The Bertz CT molecular complexity index is 358. The summed E-state index contributed by atoms with van der Waals surface area (Å²) in [4.78, 5) is 11.8. The molecule has 1 saturated carbocycles. The summed E-state index contributed by atoms with van der Waals surface area (Å²) in [5, 5.41) is 2.66. The maximum Gasteiger partial charge on any atom is 0.227 e. The molecule has 94 valence electrons. The van der Waals surface area contributed by atoms with Crippen molar-refractivity contribution in [2.24, 2.45) is 17.1 Å². The smallest absolute Gasteiger partial charge is 0.227 e. The van der Waals surface area contributed by atoms with E-state index in [1.807, 2.05) is 0 Å². The predicted octanol–water partition coefficient (Wildman–Crippen LogP) is -0.478. The van der Waals surface area contributed by atoms with Crippen LogP contribution in [0.5, 0.6) is 0 Å². The monoisotopic (exact) mass is 248 g/mol. The second-order valence-corrected chi connectivity index (χ2v) is 7.14. The van der Waals surface area contributed by atoms with Gasteiger partial charge in [-0.1, -0.05) is 6.92 Å². The highest BCUT2D eigenvalue weighted by atomic mass is 32.2. The lowest BCUT2D eigenvalue weighted by Crippen LogP contribution is -2.53. The first-order valence-electron chi connectivity index (χ1n) is 5.45. The van der Waals surface area contributed by atoms with Crippen molar-refractivity contribution in [1.82, 2.24) is 5.32 Å². The van der Waals surface area contributed by atoms with E-state index in [2.05, 4.69) is 12.2 Å². The van der Waals surface area contributed by atoms with Gasteiger partial charge in [-0.3, -0.25) is 4.79 Å². The molecule has 0 heterocycles. The van der Waals surface area contributed by atoms with Crippen LogP contribution in [0.25, 0.3) is 0 Å². The largest absolute Gasteiger partial charge is 0.355 e. The van der Waals surface area contributed by atoms with E-state index in [9.17, 15) is 13.2 Å². The zero-order valence-electron chi connectivity index (χ0n) is 9.82. The van der Waals surface area contributed by atoms with Crippen LogP contribution in [0.1, 0.15) is 19.8 Å². The first kappa shape index (κ1) is 13.4. The van der Waals surface area contributed by atoms with Gasteiger partial charge in [0.2, 0.25) is 5.91 Å². The van der Waals surface area contributed by atoms with Gasteiger partial charge in [0.25, 0.3) is 0 Å². The number of hydrogen-bond acceptors (Lipinski definition) is 4. The lowest BCUT2D eigenvalue weighted by atomic mass is 9.62. The maximum absolute atomic E-state index is 11.8. The molecule has 1 fully saturated rings. The Hall–Kier alpha value is -0.620. The molecule has 0 radical (unpaired) electrons. The average molecular weight is 248 g/mol. The molecule has 16 heavy (non-hydrogen) atoms. The molecule has 3 N–H and O–H groups in total. The number of hydrogen-bond donors (Lipinski definition) is 2. The van der Waals surface area contributed by atoms with E-state index in [-0.39, 0.29) is 18.2 Å². The fourth-order valence-corrected chi connectivity index (χ4v) is 2.73. The summed E-state index contributed by atoms with van der Waals surface area (Å²) in [6.45, 7) is 2.59. The minimum atomic E-state index is -3.02. The van der Waals surface area contributed by atoms with Gasteiger partial charge in [-0.15, -0.1) is 0 Å². The topological polar surface area (TPSA) is 89.3 Å². The van der Waals surface area contributed by atoms with Crippen LogP contribution < -0.4 is 11.1 Å². The molecular formula is C10H20N2O3S. The molecule has 0 aromatic rings. The Morgan fingerprint density at radius 3 is 2.44 bits per heavy atom. The third kappa shape index (κ3) is 3.18. The second kappa shape index (κ2) is 4.71. The van der Waals surface area contributed by atoms with Gasteiger partial charge < -0.3 is 11.1 Å². The van der Waals surface area contributed by atoms with Gasteiger partial charge in [-0.2, -0.15) is 0 Å². The van der Waals surface area contributed by atoms with E-state index in [4.69, 9.17) is 5.73 Å². The molecule has 0 aliphatic heterocycles. The highest BCUT2D eigenvalue weighted by Crippen LogP contribution is 2.44. The SMILES string of the molecule is CC1CC(CN)(C(=O)NCCS(C)(=O)=O)C1. The average Bonchev–Trinajstić information content (AvgIpc) is 2.10. The van der Waals surface area contributed by atoms with Gasteiger partial charge in [-0.05, 0) is 18.8 Å². The van der Waals surface area contributed by atoms with Gasteiger partial charge in [0.15, 0.2) is 0 Å². The molecule has 0 saturated heterocycles. The van der Waals surface area contributed by atoms with Crippen LogP contribution in [0.4, 0.5) is 0 Å². The van der Waals surface area contributed by atoms with Crippen molar-refractivity contribution in [3.63, 3.8) is 0 Å². The minimum absolute atomic E-state index is 0.0189. The molecule has 5 nitrogen and oxygen atoms in total. The summed E-state index contributed by atoms with van der Waals surface area (Å²) in [6, 6.07) is 0. The second-order valence-electron chi connectivity index (χ2n) is 4.88. The summed E-state index contributed by atoms with van der Waals surface area (Å²) < 4.78 is 21.8. The summed E-state index contributed by atoms with van der Waals surface area (Å²) >= 11 is 0. The number of sulfone groups is 1. The standard InChI is InChI=1S/C10H20N2O3S/c1-8-5-10(6-8,7-11)9(13)12-3-4-16(2,14)15/h8H,3-7,11H2,1-2H3,(H,12,13). The van der Waals surface area contributed by atoms with E-state index in [1.165, 1.54) is 0 Å². The number of amides is 1. The first-order chi connectivity index (χ1) is 7.29. The number of rotatable bonds is 5. The van der Waals surface area contributed by atoms with Gasteiger partial charge >= 0.3 is 0 Å². The van der Waals surface area contributed by atoms with Crippen molar-refractivity contribution < 1.29 is 13.2 Å². The van der Waals surface area contributed by atoms with Crippen LogP contribution in [0.15, 0.2) is 0 Å². The molecule has 0 bridgehead atoms. The van der Waals surface area contributed by atoms with E-state index in [0.29, 0.717) is 12.5 Å². The van der Waals surface area contributed by atoms with E-state index in [1.54, 1.807) is 0 Å². The van der Waals surface area contributed by atoms with Crippen LogP contribution in [0.3, 0.4) is 0 Å². The fourth-order valence-electron chi connectivity index (χ4n) is 2.26. The summed E-state index contributed by atoms with van der Waals surface area (Å²) in [7, 11) is -3.02. The van der Waals surface area contributed by atoms with Crippen LogP contribution in [0, 0.1) is 11.3 Å². The number of nitrogens with one attached hydrogen (secondary N) is 1. The zero-order chi connectivity index (χ0) is 12.4. The third-order valence-electron chi connectivity index (χ3n) is 3.11. The molecule has 1 amide bonds. The lowest BCUT2D eigenvalue weighted by molar-refractivity contribution is -0.137. The molecule has 1 aliphatic carbocycles. The molecule has 0 atom stereocenters. The summed E-state index contributed by atoms with van der Waals surface area (Å²) in [6.07, 6.45) is 2.76. The molecule has 1 aliphatic rings. The Kier molecular flexibility index (Phi) is 3.96. The molecule has 0 unspecified atom stereocenters. The summed E-state index contributed by atoms with van der Waals surface area (Å²) in [5.41, 5.74) is 5.16. The fraction of sp³-hybridized carbons (Fsp3) is 0.900. The molecule has 0 spiro atoms. The Morgan fingerprint density at radius 2 is 2.06 bits per heavy atom. The molecular weight excluding hydrogens is 228 g/mol. The Labute approximate surface area is 96.7 Å². The van der Waals surface area contributed by atoms with Crippen LogP contribution in [-0.4, -0.2) is 39.4 Å². The van der Waals surface area contributed by atoms with Gasteiger partial charge in [0, 0.05) is 19.3 Å². The Balaban J connectivity index is 2.40. The van der Waals surface area contributed by atoms with E-state index < -0.39 is 15.3 Å². The predicted molar refractivity (Wildman–Crippen MR) is 62.6 cm³/mol. The zero-order valence-corrected chi connectivity index (χ0v) is 10.6. The van der Waals surface area contributed by atoms with Crippen molar-refractivity contribution >= 4 is 15.7 Å². The quantitative estimate of drug-likeness (QED) is 0.688. The highest BCUT2D eigenvalue weighted by Gasteiger charge is 2.46. The van der Waals surface area contributed by atoms with E-state index in [0.717, 1.165) is 19.1 Å². The van der Waals surface area contributed by atoms with Crippen molar-refractivity contribution in [3.8, 4) is 0 Å². The number of carbonyl (C=O) groups excluding carboxylic acids is 1. The van der Waals surface area contributed by atoms with E-state index >= 15 is 0 Å². The van der Waals surface area contributed by atoms with Crippen LogP contribution >= 0.6 is 0 Å². The minimum Gasteiger partial charge on any atom is -0.355 e. The van der Waals surface area contributed by atoms with Crippen LogP contribution in [-0.2, 0) is 14.6 Å². The normalized spacial score (nSPS) is 29.6. The highest BCUT2D eigenvalue weighted by molar-refractivity contribution is 7.90.